The summed E-state index contributed by atoms with van der Waals surface area (Å²) in [5.41, 5.74) is 17.9. The van der Waals surface area contributed by atoms with E-state index in [4.69, 9.17) is 17.2 Å². The first kappa shape index (κ1) is 53.9. The van der Waals surface area contributed by atoms with Gasteiger partial charge in [0.05, 0.1) is 12.7 Å². The van der Waals surface area contributed by atoms with Crippen molar-refractivity contribution in [3.05, 3.63) is 54.1 Å². The SMILES string of the molecule is CCCC[C@H](NC(C)=O)C(=O)N[C@H]1CC(=O)NCCCC[C@H](C(N)=O)NC(=O)[C@@H]2CSCCN2C(=O)[C@H](CCCN=C(N)N)NC(=O)[C@H](Cc2ccccc2)NC(=O)[C@H](Cc2cnc[nH]2)NC1=O. The van der Waals surface area contributed by atoms with Crippen LogP contribution in [-0.2, 0) is 56.0 Å². The summed E-state index contributed by atoms with van der Waals surface area (Å²) < 4.78 is 0. The fraction of sp³-hybridized carbons (Fsp3) is 0.568. The van der Waals surface area contributed by atoms with Gasteiger partial charge in [-0.3, -0.25) is 48.1 Å². The van der Waals surface area contributed by atoms with Crippen LogP contribution < -0.4 is 54.4 Å². The Bertz CT molecular complexity index is 2070. The maximum absolute atomic E-state index is 14.6. The number of carbonyl (C=O) groups is 9. The van der Waals surface area contributed by atoms with Gasteiger partial charge in [0.15, 0.2) is 5.96 Å². The highest BCUT2D eigenvalue weighted by Crippen LogP contribution is 2.20. The predicted molar refractivity (Wildman–Crippen MR) is 253 cm³/mol. The zero-order valence-electron chi connectivity index (χ0n) is 38.6. The number of primary amides is 1. The van der Waals surface area contributed by atoms with E-state index in [1.807, 2.05) is 6.92 Å². The smallest absolute Gasteiger partial charge is 0.245 e. The molecule has 0 spiro atoms. The lowest BCUT2D eigenvalue weighted by molar-refractivity contribution is -0.143. The van der Waals surface area contributed by atoms with E-state index in [0.717, 1.165) is 0 Å². The first-order valence-electron chi connectivity index (χ1n) is 22.9. The van der Waals surface area contributed by atoms with Crippen molar-refractivity contribution in [1.29, 1.82) is 0 Å². The van der Waals surface area contributed by atoms with Crippen LogP contribution in [0, 0.1) is 0 Å². The van der Waals surface area contributed by atoms with Crippen molar-refractivity contribution < 1.29 is 43.2 Å². The molecule has 0 unspecified atom stereocenters. The summed E-state index contributed by atoms with van der Waals surface area (Å²) in [5.74, 6) is -5.92. The van der Waals surface area contributed by atoms with Crippen molar-refractivity contribution in [2.24, 2.45) is 22.2 Å². The molecule has 14 N–H and O–H groups in total. The van der Waals surface area contributed by atoms with Gasteiger partial charge in [0, 0.05) is 62.8 Å². The molecule has 3 heterocycles. The first-order valence-corrected chi connectivity index (χ1v) is 24.0. The van der Waals surface area contributed by atoms with Crippen molar-refractivity contribution in [3.8, 4) is 0 Å². The number of hydrogen-bond acceptors (Lipinski definition) is 12. The molecule has 0 radical (unpaired) electrons. The number of benzene rings is 1. The number of imidazole rings is 1. The molecule has 7 atom stereocenters. The van der Waals surface area contributed by atoms with Crippen LogP contribution in [0.5, 0.6) is 0 Å². The van der Waals surface area contributed by atoms with E-state index in [2.05, 4.69) is 52.2 Å². The van der Waals surface area contributed by atoms with Crippen molar-refractivity contribution in [2.45, 2.75) is 127 Å². The third-order valence-corrected chi connectivity index (χ3v) is 12.3. The van der Waals surface area contributed by atoms with Crippen molar-refractivity contribution in [3.63, 3.8) is 0 Å². The second-order valence-corrected chi connectivity index (χ2v) is 17.8. The number of aliphatic imine (C=N–C) groups is 1. The van der Waals surface area contributed by atoms with E-state index in [1.165, 1.54) is 36.1 Å². The Morgan fingerprint density at radius 2 is 1.60 bits per heavy atom. The Morgan fingerprint density at radius 3 is 2.26 bits per heavy atom. The van der Waals surface area contributed by atoms with Crippen LogP contribution in [0.3, 0.4) is 0 Å². The molecule has 1 aromatic heterocycles. The van der Waals surface area contributed by atoms with Gasteiger partial charge in [-0.2, -0.15) is 11.8 Å². The number of guanidine groups is 1. The summed E-state index contributed by atoms with van der Waals surface area (Å²) >= 11 is 1.43. The van der Waals surface area contributed by atoms with Crippen molar-refractivity contribution in [2.75, 3.05) is 31.1 Å². The van der Waals surface area contributed by atoms with Gasteiger partial charge in [-0.1, -0.05) is 50.1 Å². The fourth-order valence-corrected chi connectivity index (χ4v) is 8.71. The van der Waals surface area contributed by atoms with Crippen LogP contribution in [0.1, 0.15) is 82.9 Å². The summed E-state index contributed by atoms with van der Waals surface area (Å²) in [6.07, 6.45) is 4.46. The normalized spacial score (nSPS) is 23.2. The quantitative estimate of drug-likeness (QED) is 0.0500. The molecule has 68 heavy (non-hydrogen) atoms. The standard InChI is InChI=1S/C44H66N14O9S/c1-3-4-13-30(52-26(2)59)38(62)57-34-22-36(60)49-16-9-8-14-29(37(45)61)53-42(66)35-24-68-19-18-58(35)43(67)31(15-10-17-50-44(46)47)54-39(63)32(20-27-11-6-5-7-12-27)55-40(64)33(56-41(34)65)21-28-23-48-25-51-28/h5-7,11-12,23,25,29-35H,3-4,8-10,13-22,24H2,1-2H3,(H2,45,61)(H,48,51)(H,49,60)(H,52,59)(H,53,66)(H,54,63)(H,55,64)(H,56,65)(H,57,62)(H4,46,47,50)/t29-,30+,31+,32+,33+,34+,35+/m1/s1. The first-order chi connectivity index (χ1) is 32.6. The molecule has 2 aliphatic rings. The van der Waals surface area contributed by atoms with E-state index >= 15 is 0 Å². The minimum Gasteiger partial charge on any atom is -0.370 e. The van der Waals surface area contributed by atoms with Crippen LogP contribution in [0.2, 0.25) is 0 Å². The molecule has 2 saturated heterocycles. The number of H-pyrrole nitrogens is 1. The highest BCUT2D eigenvalue weighted by Gasteiger charge is 2.39. The van der Waals surface area contributed by atoms with E-state index < -0.39 is 102 Å². The molecular weight excluding hydrogens is 901 g/mol. The largest absolute Gasteiger partial charge is 0.370 e. The number of aromatic nitrogens is 2. The number of rotatable bonds is 15. The van der Waals surface area contributed by atoms with Gasteiger partial charge >= 0.3 is 0 Å². The summed E-state index contributed by atoms with van der Waals surface area (Å²) in [7, 11) is 0. The molecule has 2 aromatic rings. The molecule has 2 fully saturated rings. The number of fused-ring (bicyclic) bond motifs is 1. The average Bonchev–Trinajstić information content (AvgIpc) is 3.82. The predicted octanol–water partition coefficient (Wildman–Crippen LogP) is -2.51. The molecule has 0 aliphatic carbocycles. The van der Waals surface area contributed by atoms with Crippen LogP contribution in [0.4, 0.5) is 0 Å². The van der Waals surface area contributed by atoms with Gasteiger partial charge in [0.2, 0.25) is 53.2 Å². The molecule has 9 amide bonds. The number of nitrogens with one attached hydrogen (secondary N) is 8. The average molecular weight is 967 g/mol. The lowest BCUT2D eigenvalue weighted by Gasteiger charge is -2.37. The van der Waals surface area contributed by atoms with Gasteiger partial charge in [-0.25, -0.2) is 4.98 Å². The Hall–Kier alpha value is -6.72. The van der Waals surface area contributed by atoms with Crippen LogP contribution in [0.25, 0.3) is 0 Å². The number of aromatic amines is 1. The molecule has 4 rings (SSSR count). The molecule has 23 nitrogen and oxygen atoms in total. The van der Waals surface area contributed by atoms with Gasteiger partial charge in [-0.15, -0.1) is 0 Å². The number of nitrogens with zero attached hydrogens (tertiary/aromatic N) is 3. The molecule has 372 valence electrons. The number of carbonyl (C=O) groups excluding carboxylic acids is 9. The van der Waals surface area contributed by atoms with E-state index in [0.29, 0.717) is 42.7 Å². The second kappa shape index (κ2) is 27.8. The van der Waals surface area contributed by atoms with Gasteiger partial charge < -0.3 is 64.3 Å². The molecule has 1 aromatic carbocycles. The molecule has 0 bridgehead atoms. The third-order valence-electron chi connectivity index (χ3n) is 11.3. The number of thioether (sulfide) groups is 1. The van der Waals surface area contributed by atoms with E-state index in [9.17, 15) is 43.2 Å². The zero-order valence-corrected chi connectivity index (χ0v) is 39.4. The van der Waals surface area contributed by atoms with Gasteiger partial charge in [0.1, 0.15) is 42.3 Å². The number of unbranched alkanes of at least 4 members (excludes halogenated alkanes) is 1. The third kappa shape index (κ3) is 17.8. The molecule has 2 aliphatic heterocycles. The summed E-state index contributed by atoms with van der Waals surface area (Å²) in [6.45, 7) is 3.47. The van der Waals surface area contributed by atoms with E-state index in [1.54, 1.807) is 30.3 Å². The molecular formula is C44H66N14O9S. The number of hydrogen-bond donors (Lipinski definition) is 11. The minimum absolute atomic E-state index is 0.0227. The van der Waals surface area contributed by atoms with E-state index in [-0.39, 0.29) is 69.9 Å². The van der Waals surface area contributed by atoms with Crippen LogP contribution in [0.15, 0.2) is 47.8 Å². The molecule has 24 heteroatoms. The second-order valence-electron chi connectivity index (χ2n) is 16.7. The zero-order chi connectivity index (χ0) is 49.6. The van der Waals surface area contributed by atoms with Crippen LogP contribution >= 0.6 is 11.8 Å². The monoisotopic (exact) mass is 966 g/mol. The highest BCUT2D eigenvalue weighted by atomic mass is 32.2. The minimum atomic E-state index is -1.56. The lowest BCUT2D eigenvalue weighted by atomic mass is 10.0. The summed E-state index contributed by atoms with van der Waals surface area (Å²) in [5, 5.41) is 18.8. The maximum Gasteiger partial charge on any atom is 0.245 e. The van der Waals surface area contributed by atoms with Gasteiger partial charge in [0.25, 0.3) is 0 Å². The fourth-order valence-electron chi connectivity index (χ4n) is 7.66. The Kier molecular flexibility index (Phi) is 22.0. The van der Waals surface area contributed by atoms with Crippen molar-refractivity contribution >= 4 is 70.9 Å². The number of amides is 9. The van der Waals surface area contributed by atoms with Gasteiger partial charge in [-0.05, 0) is 44.1 Å². The number of nitrogens with two attached hydrogens (primary N) is 3. The maximum atomic E-state index is 14.6. The lowest BCUT2D eigenvalue weighted by Crippen LogP contribution is -2.62. The Morgan fingerprint density at radius 1 is 0.897 bits per heavy atom. The molecule has 0 saturated carbocycles. The summed E-state index contributed by atoms with van der Waals surface area (Å²) in [6, 6.07) is -0.0311. The Labute approximate surface area is 399 Å². The summed E-state index contributed by atoms with van der Waals surface area (Å²) in [4.78, 5) is 136. The Balaban J connectivity index is 1.77. The topological polar surface area (TPSA) is 360 Å². The van der Waals surface area contributed by atoms with Crippen molar-refractivity contribution in [1.82, 2.24) is 52.1 Å². The van der Waals surface area contributed by atoms with Crippen LogP contribution in [-0.4, -0.2) is 147 Å². The highest BCUT2D eigenvalue weighted by molar-refractivity contribution is 7.99.